The standard InChI is InChI=1S/C53H61NO17/c1-29-36(69-50(62)45(70-39(58)28-65-24-23-64-7)43(32-17-11-8-12-18-32)54-48(60)33-19-13-9-14-20-33)26-53(63)47(71-49(61)34-21-15-10-16-22-34)42-40-35(66-27-37(40)67-30(2)55)25-38(57)52(42,6)46(59)44(68-31(3)56)41(29)51(53,4)5/h8-22,35-38,40,42-45,47,57,63H,23-28H2,1-7H3,(H,54,60)/t35-,36+,37+,38+,40?,42+,43+,44-,45-,47+,52-,53-/m1/s1. The number of aliphatic hydroxyl groups excluding tert-OH is 1. The molecule has 71 heavy (non-hydrogen) atoms. The highest BCUT2D eigenvalue weighted by Crippen LogP contribution is 2.63. The fourth-order valence-electron chi connectivity index (χ4n) is 11.0. The van der Waals surface area contributed by atoms with Gasteiger partial charge in [-0.1, -0.05) is 80.6 Å². The maximum absolute atomic E-state index is 15.7. The fourth-order valence-corrected chi connectivity index (χ4v) is 11.0. The first-order chi connectivity index (χ1) is 33.7. The zero-order valence-electron chi connectivity index (χ0n) is 40.7. The highest BCUT2D eigenvalue weighted by molar-refractivity contribution is 5.96. The van der Waals surface area contributed by atoms with Crippen molar-refractivity contribution in [3.8, 4) is 0 Å². The third-order valence-electron chi connectivity index (χ3n) is 14.6. The predicted octanol–water partition coefficient (Wildman–Crippen LogP) is 4.20. The number of methoxy groups -OCH3 is 1. The van der Waals surface area contributed by atoms with Crippen molar-refractivity contribution in [3.05, 3.63) is 119 Å². The lowest BCUT2D eigenvalue weighted by molar-refractivity contribution is -0.241. The predicted molar refractivity (Wildman–Crippen MR) is 249 cm³/mol. The lowest BCUT2D eigenvalue weighted by Gasteiger charge is -2.62. The van der Waals surface area contributed by atoms with E-state index in [1.54, 1.807) is 92.7 Å². The summed E-state index contributed by atoms with van der Waals surface area (Å²) in [6.45, 7) is 7.75. The van der Waals surface area contributed by atoms with Gasteiger partial charge in [0.2, 0.25) is 6.10 Å². The van der Waals surface area contributed by atoms with Crippen molar-refractivity contribution in [2.75, 3.05) is 33.5 Å². The molecule has 1 heterocycles. The second kappa shape index (κ2) is 21.6. The fraction of sp³-hybridized carbons (Fsp3) is 0.491. The van der Waals surface area contributed by atoms with Crippen molar-refractivity contribution in [2.24, 2.45) is 22.7 Å². The lowest BCUT2D eigenvalue weighted by Crippen LogP contribution is -2.73. The Morgan fingerprint density at radius 1 is 0.817 bits per heavy atom. The maximum Gasteiger partial charge on any atom is 0.350 e. The number of aliphatic hydroxyl groups is 2. The third kappa shape index (κ3) is 10.4. The SMILES string of the molecule is COCCOCC(=O)O[C@@H](C(=O)O[C@H]1C[C@@]2(O)[C@@H](OC(=O)c3ccccc3)[C@@H]3C4[C@@H](OC(C)=O)CO[C@@H]4C[C@H](O)[C@@]3(C)C(=O)[C@H](OC(C)=O)C(=C1C)C2(C)C)[C@@H](NC(=O)c1ccccc1)c1ccccc1. The summed E-state index contributed by atoms with van der Waals surface area (Å²) < 4.78 is 47.1. The molecule has 1 aliphatic heterocycles. The Morgan fingerprint density at radius 3 is 2.03 bits per heavy atom. The minimum atomic E-state index is -2.41. The van der Waals surface area contributed by atoms with Crippen LogP contribution in [0.5, 0.6) is 0 Å². The van der Waals surface area contributed by atoms with E-state index in [0.29, 0.717) is 5.56 Å². The van der Waals surface area contributed by atoms with E-state index in [-0.39, 0.29) is 48.5 Å². The number of carbonyl (C=O) groups is 7. The molecule has 1 unspecified atom stereocenters. The van der Waals surface area contributed by atoms with Crippen molar-refractivity contribution in [2.45, 2.75) is 109 Å². The Morgan fingerprint density at radius 2 is 1.42 bits per heavy atom. The van der Waals surface area contributed by atoms with E-state index in [9.17, 15) is 34.2 Å². The van der Waals surface area contributed by atoms with Gasteiger partial charge in [0.15, 0.2) is 11.9 Å². The van der Waals surface area contributed by atoms with Gasteiger partial charge in [0, 0.05) is 56.6 Å². The van der Waals surface area contributed by atoms with Gasteiger partial charge >= 0.3 is 29.8 Å². The van der Waals surface area contributed by atoms with Crippen LogP contribution >= 0.6 is 0 Å². The number of esters is 5. The molecule has 2 bridgehead atoms. The van der Waals surface area contributed by atoms with E-state index in [0.717, 1.165) is 6.92 Å². The Balaban J connectivity index is 1.40. The van der Waals surface area contributed by atoms with E-state index in [2.05, 4.69) is 5.32 Å². The van der Waals surface area contributed by atoms with Gasteiger partial charge in [0.1, 0.15) is 36.6 Å². The van der Waals surface area contributed by atoms with E-state index >= 15 is 9.59 Å². The second-order valence-electron chi connectivity index (χ2n) is 19.2. The van der Waals surface area contributed by atoms with Crippen molar-refractivity contribution >= 4 is 41.5 Å². The molecule has 3 fully saturated rings. The normalized spacial score (nSPS) is 29.4. The second-order valence-corrected chi connectivity index (χ2v) is 19.2. The number of carbonyl (C=O) groups excluding carboxylic acids is 7. The Hall–Kier alpha value is -6.31. The van der Waals surface area contributed by atoms with E-state index < -0.39 is 132 Å². The monoisotopic (exact) mass is 983 g/mol. The minimum absolute atomic E-state index is 0.00142. The summed E-state index contributed by atoms with van der Waals surface area (Å²) in [6.07, 6.45) is -11.3. The Kier molecular flexibility index (Phi) is 16.0. The van der Waals surface area contributed by atoms with Crippen LogP contribution in [-0.2, 0) is 61.9 Å². The Bertz CT molecular complexity index is 2500. The number of amides is 1. The lowest BCUT2D eigenvalue weighted by atomic mass is 9.46. The Labute approximate surface area is 411 Å². The summed E-state index contributed by atoms with van der Waals surface area (Å²) in [5.74, 6) is -8.64. The first-order valence-corrected chi connectivity index (χ1v) is 23.5. The van der Waals surface area contributed by atoms with Gasteiger partial charge in [-0.05, 0) is 54.8 Å². The number of nitrogens with one attached hydrogen (secondary N) is 1. The summed E-state index contributed by atoms with van der Waals surface area (Å²) in [5.41, 5.74) is -5.37. The molecule has 380 valence electrons. The molecule has 7 rings (SSSR count). The van der Waals surface area contributed by atoms with Gasteiger partial charge in [0.25, 0.3) is 5.91 Å². The molecular weight excluding hydrogens is 923 g/mol. The van der Waals surface area contributed by atoms with Gasteiger partial charge in [-0.15, -0.1) is 0 Å². The molecule has 0 spiro atoms. The molecule has 3 N–H and O–H groups in total. The highest BCUT2D eigenvalue weighted by atomic mass is 16.6. The first kappa shape index (κ1) is 52.5. The van der Waals surface area contributed by atoms with Crippen LogP contribution in [0.25, 0.3) is 0 Å². The quantitative estimate of drug-likeness (QED) is 0.0788. The topological polar surface area (TPSA) is 246 Å². The number of benzene rings is 3. The van der Waals surface area contributed by atoms with Crippen LogP contribution in [0.4, 0.5) is 0 Å². The molecular formula is C53H61NO17. The number of hydrogen-bond donors (Lipinski definition) is 3. The van der Waals surface area contributed by atoms with Crippen molar-refractivity contribution in [3.63, 3.8) is 0 Å². The highest BCUT2D eigenvalue weighted by Gasteiger charge is 2.73. The zero-order chi connectivity index (χ0) is 51.4. The first-order valence-electron chi connectivity index (χ1n) is 23.5. The van der Waals surface area contributed by atoms with Crippen LogP contribution in [0.1, 0.15) is 86.7 Å². The number of fused-ring (bicyclic) bond motifs is 5. The van der Waals surface area contributed by atoms with Gasteiger partial charge in [-0.25, -0.2) is 14.4 Å². The molecule has 4 aliphatic rings. The average Bonchev–Trinajstić information content (AvgIpc) is 3.72. The van der Waals surface area contributed by atoms with Gasteiger partial charge < -0.3 is 53.4 Å². The molecule has 18 heteroatoms. The molecule has 1 saturated heterocycles. The summed E-state index contributed by atoms with van der Waals surface area (Å²) in [6, 6.07) is 22.8. The van der Waals surface area contributed by atoms with Crippen LogP contribution in [0, 0.1) is 22.7 Å². The largest absolute Gasteiger partial charge is 0.460 e. The minimum Gasteiger partial charge on any atom is -0.460 e. The average molecular weight is 984 g/mol. The van der Waals surface area contributed by atoms with Crippen molar-refractivity contribution in [1.82, 2.24) is 5.32 Å². The molecule has 1 amide bonds. The van der Waals surface area contributed by atoms with Gasteiger partial charge in [-0.3, -0.25) is 19.2 Å². The van der Waals surface area contributed by atoms with Gasteiger partial charge in [0.05, 0.1) is 43.0 Å². The maximum atomic E-state index is 15.7. The summed E-state index contributed by atoms with van der Waals surface area (Å²) in [7, 11) is 1.45. The van der Waals surface area contributed by atoms with Crippen LogP contribution in [0.3, 0.4) is 0 Å². The molecule has 12 atom stereocenters. The number of ether oxygens (including phenoxy) is 8. The van der Waals surface area contributed by atoms with Crippen LogP contribution in [-0.4, -0.2) is 134 Å². The molecule has 0 aromatic heterocycles. The summed E-state index contributed by atoms with van der Waals surface area (Å²) in [5, 5.41) is 29.0. The number of hydrogen-bond acceptors (Lipinski definition) is 17. The van der Waals surface area contributed by atoms with Crippen molar-refractivity contribution in [1.29, 1.82) is 0 Å². The van der Waals surface area contributed by atoms with Gasteiger partial charge in [-0.2, -0.15) is 0 Å². The van der Waals surface area contributed by atoms with Crippen molar-refractivity contribution < 1.29 is 81.7 Å². The number of rotatable bonds is 16. The molecule has 0 radical (unpaired) electrons. The van der Waals surface area contributed by atoms with E-state index in [4.69, 9.17) is 37.9 Å². The van der Waals surface area contributed by atoms with E-state index in [1.165, 1.54) is 40.0 Å². The van der Waals surface area contributed by atoms with Crippen LogP contribution in [0.2, 0.25) is 0 Å². The zero-order valence-corrected chi connectivity index (χ0v) is 40.7. The number of Topliss-reactive ketones (excluding diaryl/α,β-unsaturated/α-hetero) is 1. The molecule has 3 aromatic carbocycles. The van der Waals surface area contributed by atoms with Crippen LogP contribution < -0.4 is 5.32 Å². The molecule has 18 nitrogen and oxygen atoms in total. The number of ketones is 1. The molecule has 3 aromatic rings. The van der Waals surface area contributed by atoms with E-state index in [1.807, 2.05) is 0 Å². The summed E-state index contributed by atoms with van der Waals surface area (Å²) in [4.78, 5) is 98.8. The third-order valence-corrected chi connectivity index (χ3v) is 14.6. The van der Waals surface area contributed by atoms with Crippen LogP contribution in [0.15, 0.2) is 102 Å². The summed E-state index contributed by atoms with van der Waals surface area (Å²) >= 11 is 0. The molecule has 2 saturated carbocycles. The molecule has 3 aliphatic carbocycles. The smallest absolute Gasteiger partial charge is 0.350 e.